The molecule has 4 nitrogen and oxygen atoms in total. The molecule has 0 aliphatic rings. The molecule has 0 heterocycles. The number of benzene rings is 2. The average molecular weight is 339 g/mol. The van der Waals surface area contributed by atoms with E-state index in [9.17, 15) is 9.90 Å². The van der Waals surface area contributed by atoms with Gasteiger partial charge in [0.05, 0.1) is 7.11 Å². The summed E-state index contributed by atoms with van der Waals surface area (Å²) in [5.74, 6) is 0.720. The highest BCUT2D eigenvalue weighted by Crippen LogP contribution is 2.20. The number of aliphatic hydroxyl groups excluding tert-OH is 1. The topological polar surface area (TPSA) is 58.6 Å². The van der Waals surface area contributed by atoms with Gasteiger partial charge < -0.3 is 15.2 Å². The third kappa shape index (κ3) is 5.76. The van der Waals surface area contributed by atoms with Gasteiger partial charge in [0.25, 0.3) is 0 Å². The summed E-state index contributed by atoms with van der Waals surface area (Å²) < 4.78 is 5.21. The van der Waals surface area contributed by atoms with Crippen molar-refractivity contribution in [1.29, 1.82) is 0 Å². The summed E-state index contributed by atoms with van der Waals surface area (Å²) in [6.07, 6.45) is 2.21. The van der Waals surface area contributed by atoms with Crippen LogP contribution in [0, 0.1) is 0 Å². The molecule has 0 radical (unpaired) electrons. The average Bonchev–Trinajstić information content (AvgIpc) is 2.65. The molecule has 0 saturated heterocycles. The van der Waals surface area contributed by atoms with Crippen LogP contribution in [0.15, 0.2) is 60.7 Å². The number of aliphatic hydroxyl groups is 1. The molecule has 0 bridgehead atoms. The number of carbonyl (C=O) groups is 1. The Morgan fingerprint density at radius 1 is 1.20 bits per heavy atom. The highest BCUT2D eigenvalue weighted by Gasteiger charge is 2.12. The van der Waals surface area contributed by atoms with Crippen molar-refractivity contribution in [1.82, 2.24) is 5.32 Å². The van der Waals surface area contributed by atoms with Crippen molar-refractivity contribution in [2.45, 2.75) is 19.3 Å². The molecule has 25 heavy (non-hydrogen) atoms. The van der Waals surface area contributed by atoms with Crippen LogP contribution in [0.4, 0.5) is 0 Å². The van der Waals surface area contributed by atoms with Crippen molar-refractivity contribution in [2.75, 3.05) is 20.3 Å². The second kappa shape index (κ2) is 9.64. The van der Waals surface area contributed by atoms with E-state index >= 15 is 0 Å². The molecular formula is C21H25NO3. The molecule has 1 unspecified atom stereocenters. The fraction of sp³-hybridized carbons (Fsp3) is 0.286. The van der Waals surface area contributed by atoms with Crippen molar-refractivity contribution in [2.24, 2.45) is 0 Å². The Labute approximate surface area is 149 Å². The first kappa shape index (κ1) is 18.7. The predicted octanol–water partition coefficient (Wildman–Crippen LogP) is 3.38. The molecule has 0 aromatic heterocycles. The maximum atomic E-state index is 12.2. The van der Waals surface area contributed by atoms with E-state index in [0.717, 1.165) is 22.4 Å². The van der Waals surface area contributed by atoms with Gasteiger partial charge in [-0.05, 0) is 42.2 Å². The lowest BCUT2D eigenvalue weighted by molar-refractivity contribution is -0.116. The van der Waals surface area contributed by atoms with Crippen LogP contribution < -0.4 is 10.1 Å². The van der Waals surface area contributed by atoms with Crippen LogP contribution in [0.2, 0.25) is 0 Å². The fourth-order valence-corrected chi connectivity index (χ4v) is 2.69. The van der Waals surface area contributed by atoms with Crippen LogP contribution in [0.5, 0.6) is 5.75 Å². The Kier molecular flexibility index (Phi) is 7.23. The van der Waals surface area contributed by atoms with Crippen LogP contribution in [-0.2, 0) is 4.79 Å². The van der Waals surface area contributed by atoms with Crippen LogP contribution in [-0.4, -0.2) is 31.3 Å². The summed E-state index contributed by atoms with van der Waals surface area (Å²) in [6.45, 7) is 2.48. The zero-order valence-corrected chi connectivity index (χ0v) is 14.7. The molecule has 0 spiro atoms. The third-order valence-corrected chi connectivity index (χ3v) is 4.14. The SMILES string of the molecule is COc1cccc(/C(C)=C/C(=O)NCC(CCO)c2ccccc2)c1. The molecule has 0 aliphatic heterocycles. The highest BCUT2D eigenvalue weighted by molar-refractivity contribution is 5.94. The first-order valence-electron chi connectivity index (χ1n) is 8.40. The molecule has 132 valence electrons. The number of hydrogen-bond acceptors (Lipinski definition) is 3. The molecule has 2 rings (SSSR count). The Hall–Kier alpha value is -2.59. The van der Waals surface area contributed by atoms with Gasteiger partial charge in [-0.3, -0.25) is 4.79 Å². The maximum absolute atomic E-state index is 12.2. The van der Waals surface area contributed by atoms with E-state index < -0.39 is 0 Å². The van der Waals surface area contributed by atoms with Crippen molar-refractivity contribution in [3.8, 4) is 5.75 Å². The van der Waals surface area contributed by atoms with Gasteiger partial charge >= 0.3 is 0 Å². The molecular weight excluding hydrogens is 314 g/mol. The largest absolute Gasteiger partial charge is 0.497 e. The lowest BCUT2D eigenvalue weighted by Crippen LogP contribution is -2.27. The minimum absolute atomic E-state index is 0.0914. The van der Waals surface area contributed by atoms with Gasteiger partial charge in [-0.2, -0.15) is 0 Å². The van der Waals surface area contributed by atoms with E-state index in [-0.39, 0.29) is 18.4 Å². The molecule has 1 amide bonds. The third-order valence-electron chi connectivity index (χ3n) is 4.14. The van der Waals surface area contributed by atoms with Crippen LogP contribution in [0.3, 0.4) is 0 Å². The Bertz CT molecular complexity index is 710. The van der Waals surface area contributed by atoms with E-state index in [1.807, 2.05) is 61.5 Å². The normalized spacial score (nSPS) is 12.5. The zero-order valence-electron chi connectivity index (χ0n) is 14.7. The number of nitrogens with one attached hydrogen (secondary N) is 1. The Morgan fingerprint density at radius 3 is 2.64 bits per heavy atom. The second-order valence-electron chi connectivity index (χ2n) is 5.92. The number of methoxy groups -OCH3 is 1. The van der Waals surface area contributed by atoms with Crippen molar-refractivity contribution in [3.05, 3.63) is 71.8 Å². The minimum atomic E-state index is -0.140. The van der Waals surface area contributed by atoms with Crippen LogP contribution in [0.25, 0.3) is 5.57 Å². The molecule has 0 aliphatic carbocycles. The Morgan fingerprint density at radius 2 is 1.96 bits per heavy atom. The Balaban J connectivity index is 2.00. The summed E-state index contributed by atoms with van der Waals surface area (Å²) in [6, 6.07) is 17.5. The minimum Gasteiger partial charge on any atom is -0.497 e. The maximum Gasteiger partial charge on any atom is 0.244 e. The monoisotopic (exact) mass is 339 g/mol. The number of rotatable bonds is 8. The van der Waals surface area contributed by atoms with Crippen molar-refractivity contribution in [3.63, 3.8) is 0 Å². The molecule has 2 aromatic carbocycles. The van der Waals surface area contributed by atoms with Gasteiger partial charge in [-0.25, -0.2) is 0 Å². The van der Waals surface area contributed by atoms with Gasteiger partial charge in [0.15, 0.2) is 0 Å². The highest BCUT2D eigenvalue weighted by atomic mass is 16.5. The van der Waals surface area contributed by atoms with Gasteiger partial charge in [0, 0.05) is 25.1 Å². The number of carbonyl (C=O) groups excluding carboxylic acids is 1. The number of allylic oxidation sites excluding steroid dienone is 1. The molecule has 1 atom stereocenters. The summed E-state index contributed by atoms with van der Waals surface area (Å²) in [4.78, 5) is 12.2. The summed E-state index contributed by atoms with van der Waals surface area (Å²) in [5.41, 5.74) is 2.93. The van der Waals surface area contributed by atoms with Crippen LogP contribution >= 0.6 is 0 Å². The van der Waals surface area contributed by atoms with E-state index in [1.54, 1.807) is 13.2 Å². The molecule has 2 aromatic rings. The molecule has 2 N–H and O–H groups in total. The number of ether oxygens (including phenoxy) is 1. The standard InChI is InChI=1S/C21H25NO3/c1-16(18-9-6-10-20(14-18)25-2)13-21(24)22-15-19(11-12-23)17-7-4-3-5-8-17/h3-10,13-14,19,23H,11-12,15H2,1-2H3,(H,22,24)/b16-13+. The second-order valence-corrected chi connectivity index (χ2v) is 5.92. The summed E-state index contributed by atoms with van der Waals surface area (Å²) in [7, 11) is 1.62. The lowest BCUT2D eigenvalue weighted by atomic mass is 9.96. The van der Waals surface area contributed by atoms with E-state index in [2.05, 4.69) is 5.32 Å². The van der Waals surface area contributed by atoms with Gasteiger partial charge in [-0.15, -0.1) is 0 Å². The van der Waals surface area contributed by atoms with E-state index in [1.165, 1.54) is 0 Å². The quantitative estimate of drug-likeness (QED) is 0.725. The van der Waals surface area contributed by atoms with E-state index in [0.29, 0.717) is 13.0 Å². The molecule has 0 fully saturated rings. The van der Waals surface area contributed by atoms with Crippen LogP contribution in [0.1, 0.15) is 30.4 Å². The summed E-state index contributed by atoms with van der Waals surface area (Å²) >= 11 is 0. The van der Waals surface area contributed by atoms with Gasteiger partial charge in [0.1, 0.15) is 5.75 Å². The van der Waals surface area contributed by atoms with Crippen molar-refractivity contribution >= 4 is 11.5 Å². The zero-order chi connectivity index (χ0) is 18.1. The lowest BCUT2D eigenvalue weighted by Gasteiger charge is -2.16. The number of hydrogen-bond donors (Lipinski definition) is 2. The predicted molar refractivity (Wildman–Crippen MR) is 101 cm³/mol. The van der Waals surface area contributed by atoms with Gasteiger partial charge in [0.2, 0.25) is 5.91 Å². The molecule has 0 saturated carbocycles. The fourth-order valence-electron chi connectivity index (χ4n) is 2.69. The van der Waals surface area contributed by atoms with Gasteiger partial charge in [-0.1, -0.05) is 42.5 Å². The molecule has 4 heteroatoms. The summed E-state index contributed by atoms with van der Waals surface area (Å²) in [5, 5.41) is 12.2. The van der Waals surface area contributed by atoms with E-state index in [4.69, 9.17) is 4.74 Å². The smallest absolute Gasteiger partial charge is 0.244 e. The number of amides is 1. The first-order valence-corrected chi connectivity index (χ1v) is 8.40. The van der Waals surface area contributed by atoms with Crippen molar-refractivity contribution < 1.29 is 14.6 Å². The first-order chi connectivity index (χ1) is 12.1.